The zero-order valence-electron chi connectivity index (χ0n) is 11.0. The molecule has 2 saturated heterocycles. The molecule has 0 saturated carbocycles. The molecule has 2 heterocycles. The Balaban J connectivity index is 1.90. The van der Waals surface area contributed by atoms with Crippen LogP contribution < -0.4 is 4.90 Å². The predicted molar refractivity (Wildman–Crippen MR) is 74.5 cm³/mol. The van der Waals surface area contributed by atoms with Gasteiger partial charge in [-0.05, 0) is 24.6 Å². The number of halogens is 1. The van der Waals surface area contributed by atoms with Gasteiger partial charge in [-0.1, -0.05) is 11.6 Å². The van der Waals surface area contributed by atoms with Gasteiger partial charge < -0.3 is 19.5 Å². The standard InChI is InChI=1S/C14H16ClNO4/c15-10-2-3-12(11(8-10)13(17)18)16-5-1-4-14(9-16)19-6-7-20-14/h2-3,8H,1,4-7,9H2,(H,17,18). The summed E-state index contributed by atoms with van der Waals surface area (Å²) in [5.41, 5.74) is 0.882. The van der Waals surface area contributed by atoms with E-state index in [-0.39, 0.29) is 5.56 Å². The maximum Gasteiger partial charge on any atom is 0.337 e. The van der Waals surface area contributed by atoms with Gasteiger partial charge in [-0.2, -0.15) is 0 Å². The molecule has 1 aromatic rings. The Labute approximate surface area is 122 Å². The van der Waals surface area contributed by atoms with E-state index < -0.39 is 11.8 Å². The fourth-order valence-electron chi connectivity index (χ4n) is 2.88. The highest BCUT2D eigenvalue weighted by Gasteiger charge is 2.41. The first kappa shape index (κ1) is 13.7. The van der Waals surface area contributed by atoms with Gasteiger partial charge >= 0.3 is 5.97 Å². The van der Waals surface area contributed by atoms with Crippen LogP contribution >= 0.6 is 11.6 Å². The van der Waals surface area contributed by atoms with Crippen molar-refractivity contribution in [1.29, 1.82) is 0 Å². The van der Waals surface area contributed by atoms with Crippen molar-refractivity contribution < 1.29 is 19.4 Å². The van der Waals surface area contributed by atoms with Crippen LogP contribution in [0.1, 0.15) is 23.2 Å². The number of nitrogens with zero attached hydrogens (tertiary/aromatic N) is 1. The second-order valence-electron chi connectivity index (χ2n) is 5.10. The Morgan fingerprint density at radius 1 is 1.35 bits per heavy atom. The van der Waals surface area contributed by atoms with Gasteiger partial charge in [-0.3, -0.25) is 0 Å². The van der Waals surface area contributed by atoms with Crippen molar-refractivity contribution in [3.63, 3.8) is 0 Å². The Morgan fingerprint density at radius 3 is 2.80 bits per heavy atom. The minimum absolute atomic E-state index is 0.215. The summed E-state index contributed by atoms with van der Waals surface area (Å²) in [5.74, 6) is -1.55. The highest BCUT2D eigenvalue weighted by molar-refractivity contribution is 6.31. The van der Waals surface area contributed by atoms with Crippen LogP contribution in [0.5, 0.6) is 0 Å². The maximum atomic E-state index is 11.4. The van der Waals surface area contributed by atoms with Crippen LogP contribution in [0.4, 0.5) is 5.69 Å². The molecule has 0 unspecified atom stereocenters. The molecule has 1 aromatic carbocycles. The number of ether oxygens (including phenoxy) is 2. The molecule has 5 nitrogen and oxygen atoms in total. The van der Waals surface area contributed by atoms with Gasteiger partial charge in [-0.15, -0.1) is 0 Å². The average Bonchev–Trinajstić information content (AvgIpc) is 2.86. The number of carboxylic acid groups (broad SMARTS) is 1. The molecule has 0 aromatic heterocycles. The Kier molecular flexibility index (Phi) is 3.58. The molecule has 2 aliphatic heterocycles. The number of anilines is 1. The van der Waals surface area contributed by atoms with Gasteiger partial charge in [0, 0.05) is 18.0 Å². The van der Waals surface area contributed by atoms with Gasteiger partial charge in [0.25, 0.3) is 0 Å². The van der Waals surface area contributed by atoms with Gasteiger partial charge in [-0.25, -0.2) is 4.79 Å². The monoisotopic (exact) mass is 297 g/mol. The number of hydrogen-bond acceptors (Lipinski definition) is 4. The van der Waals surface area contributed by atoms with E-state index in [1.54, 1.807) is 12.1 Å². The van der Waals surface area contributed by atoms with Crippen molar-refractivity contribution in [1.82, 2.24) is 0 Å². The molecular formula is C14H16ClNO4. The third-order valence-corrected chi connectivity index (χ3v) is 4.00. The lowest BCUT2D eigenvalue weighted by atomic mass is 10.0. The Hall–Kier alpha value is -1.30. The van der Waals surface area contributed by atoms with Crippen LogP contribution in [0.15, 0.2) is 18.2 Å². The first-order valence-electron chi connectivity index (χ1n) is 6.65. The van der Waals surface area contributed by atoms with Crippen LogP contribution in [-0.4, -0.2) is 43.2 Å². The number of rotatable bonds is 2. The first-order valence-corrected chi connectivity index (χ1v) is 7.03. The quantitative estimate of drug-likeness (QED) is 0.908. The van der Waals surface area contributed by atoms with Crippen LogP contribution in [0.2, 0.25) is 5.02 Å². The highest BCUT2D eigenvalue weighted by Crippen LogP contribution is 2.34. The van der Waals surface area contributed by atoms with Crippen molar-refractivity contribution in [3.8, 4) is 0 Å². The van der Waals surface area contributed by atoms with Crippen molar-refractivity contribution in [2.75, 3.05) is 31.2 Å². The van der Waals surface area contributed by atoms with E-state index in [2.05, 4.69) is 0 Å². The second kappa shape index (κ2) is 5.24. The molecule has 2 fully saturated rings. The summed E-state index contributed by atoms with van der Waals surface area (Å²) in [6, 6.07) is 4.94. The summed E-state index contributed by atoms with van der Waals surface area (Å²) in [5, 5.41) is 9.75. The summed E-state index contributed by atoms with van der Waals surface area (Å²) in [4.78, 5) is 13.4. The van der Waals surface area contributed by atoms with E-state index in [4.69, 9.17) is 21.1 Å². The third-order valence-electron chi connectivity index (χ3n) is 3.76. The average molecular weight is 298 g/mol. The largest absolute Gasteiger partial charge is 0.478 e. The number of hydrogen-bond donors (Lipinski definition) is 1. The topological polar surface area (TPSA) is 59.0 Å². The summed E-state index contributed by atoms with van der Waals surface area (Å²) in [7, 11) is 0. The summed E-state index contributed by atoms with van der Waals surface area (Å²) in [6.45, 7) is 2.53. The summed E-state index contributed by atoms with van der Waals surface area (Å²) in [6.07, 6.45) is 1.75. The minimum atomic E-state index is -0.976. The molecule has 1 N–H and O–H groups in total. The Bertz CT molecular complexity index is 528. The first-order chi connectivity index (χ1) is 9.60. The molecule has 2 aliphatic rings. The molecule has 3 rings (SSSR count). The lowest BCUT2D eigenvalue weighted by Crippen LogP contribution is -2.49. The van der Waals surface area contributed by atoms with E-state index in [0.717, 1.165) is 19.4 Å². The number of carbonyl (C=O) groups is 1. The van der Waals surface area contributed by atoms with E-state index in [1.807, 2.05) is 4.90 Å². The Morgan fingerprint density at radius 2 is 2.10 bits per heavy atom. The van der Waals surface area contributed by atoms with E-state index in [0.29, 0.717) is 30.5 Å². The molecule has 0 bridgehead atoms. The molecular weight excluding hydrogens is 282 g/mol. The zero-order valence-corrected chi connectivity index (χ0v) is 11.7. The van der Waals surface area contributed by atoms with Gasteiger partial charge in [0.1, 0.15) is 0 Å². The van der Waals surface area contributed by atoms with Crippen molar-refractivity contribution in [2.45, 2.75) is 18.6 Å². The molecule has 0 radical (unpaired) electrons. The fourth-order valence-corrected chi connectivity index (χ4v) is 3.05. The van der Waals surface area contributed by atoms with Crippen molar-refractivity contribution >= 4 is 23.3 Å². The van der Waals surface area contributed by atoms with Gasteiger partial charge in [0.05, 0.1) is 31.0 Å². The van der Waals surface area contributed by atoms with Crippen molar-refractivity contribution in [2.24, 2.45) is 0 Å². The smallest absolute Gasteiger partial charge is 0.337 e. The molecule has 1 spiro atoms. The number of aromatic carboxylic acids is 1. The second-order valence-corrected chi connectivity index (χ2v) is 5.54. The lowest BCUT2D eigenvalue weighted by molar-refractivity contribution is -0.161. The van der Waals surface area contributed by atoms with E-state index in [1.165, 1.54) is 6.07 Å². The summed E-state index contributed by atoms with van der Waals surface area (Å²) >= 11 is 5.89. The summed E-state index contributed by atoms with van der Waals surface area (Å²) < 4.78 is 11.4. The normalized spacial score (nSPS) is 21.4. The molecule has 0 amide bonds. The molecule has 6 heteroatoms. The lowest BCUT2D eigenvalue weighted by Gasteiger charge is -2.40. The predicted octanol–water partition coefficient (Wildman–Crippen LogP) is 2.38. The third kappa shape index (κ3) is 2.49. The number of piperidine rings is 1. The van der Waals surface area contributed by atoms with Gasteiger partial charge in [0.2, 0.25) is 0 Å². The number of carboxylic acids is 1. The van der Waals surface area contributed by atoms with Crippen LogP contribution in [0, 0.1) is 0 Å². The van der Waals surface area contributed by atoms with Crippen LogP contribution in [0.25, 0.3) is 0 Å². The van der Waals surface area contributed by atoms with Crippen molar-refractivity contribution in [3.05, 3.63) is 28.8 Å². The highest BCUT2D eigenvalue weighted by atomic mass is 35.5. The van der Waals surface area contributed by atoms with E-state index >= 15 is 0 Å². The molecule has 20 heavy (non-hydrogen) atoms. The minimum Gasteiger partial charge on any atom is -0.478 e. The van der Waals surface area contributed by atoms with E-state index in [9.17, 15) is 9.90 Å². The number of benzene rings is 1. The SMILES string of the molecule is O=C(O)c1cc(Cl)ccc1N1CCCC2(C1)OCCO2. The molecule has 108 valence electrons. The maximum absolute atomic E-state index is 11.4. The molecule has 0 atom stereocenters. The van der Waals surface area contributed by atoms with Crippen LogP contribution in [-0.2, 0) is 9.47 Å². The fraction of sp³-hybridized carbons (Fsp3) is 0.500. The van der Waals surface area contributed by atoms with Gasteiger partial charge in [0.15, 0.2) is 5.79 Å². The zero-order chi connectivity index (χ0) is 14.2. The molecule has 0 aliphatic carbocycles. The van der Waals surface area contributed by atoms with Crippen LogP contribution in [0.3, 0.4) is 0 Å².